The van der Waals surface area contributed by atoms with E-state index in [1.807, 2.05) is 34.6 Å². The molecule has 0 aromatic rings. The van der Waals surface area contributed by atoms with Gasteiger partial charge in [0.1, 0.15) is 18.1 Å². The van der Waals surface area contributed by atoms with E-state index in [1.54, 1.807) is 6.92 Å². The summed E-state index contributed by atoms with van der Waals surface area (Å²) in [4.78, 5) is 60.9. The van der Waals surface area contributed by atoms with Crippen molar-refractivity contribution in [1.82, 2.24) is 16.0 Å². The van der Waals surface area contributed by atoms with E-state index in [-0.39, 0.29) is 24.2 Å². The molecule has 0 spiro atoms. The quantitative estimate of drug-likeness (QED) is 0.191. The first-order valence-electron chi connectivity index (χ1n) is 11.4. The first-order chi connectivity index (χ1) is 15.2. The maximum Gasteiger partial charge on any atom is 0.326 e. The summed E-state index contributed by atoms with van der Waals surface area (Å²) in [5.41, 5.74) is 11.0. The number of primary amides is 1. The molecule has 4 amide bonds. The van der Waals surface area contributed by atoms with Gasteiger partial charge in [0.2, 0.25) is 23.6 Å². The number of carbonyl (C=O) groups is 5. The molecule has 0 aliphatic carbocycles. The van der Waals surface area contributed by atoms with Crippen LogP contribution in [0.3, 0.4) is 0 Å². The van der Waals surface area contributed by atoms with Crippen molar-refractivity contribution < 1.29 is 29.1 Å². The topological polar surface area (TPSA) is 194 Å². The van der Waals surface area contributed by atoms with E-state index in [9.17, 15) is 29.1 Å². The number of hydrogen-bond acceptors (Lipinski definition) is 6. The van der Waals surface area contributed by atoms with Gasteiger partial charge in [0.15, 0.2) is 0 Å². The average Bonchev–Trinajstić information content (AvgIpc) is 2.68. The molecule has 8 N–H and O–H groups in total. The summed E-state index contributed by atoms with van der Waals surface area (Å²) in [7, 11) is 0. The average molecular weight is 472 g/mol. The van der Waals surface area contributed by atoms with Crippen LogP contribution in [0, 0.1) is 17.8 Å². The minimum atomic E-state index is -1.51. The summed E-state index contributed by atoms with van der Waals surface area (Å²) in [6.45, 7) is 11.2. The van der Waals surface area contributed by atoms with Crippen LogP contribution < -0.4 is 27.4 Å². The smallest absolute Gasteiger partial charge is 0.326 e. The first kappa shape index (κ1) is 30.3. The number of carboxylic acids is 1. The monoisotopic (exact) mass is 471 g/mol. The fraction of sp³-hybridized carbons (Fsp3) is 0.773. The molecule has 11 heteroatoms. The number of carboxylic acid groups (broad SMARTS) is 1. The Balaban J connectivity index is 5.57. The molecule has 33 heavy (non-hydrogen) atoms. The van der Waals surface area contributed by atoms with Crippen LogP contribution in [0.1, 0.15) is 67.2 Å². The zero-order valence-corrected chi connectivity index (χ0v) is 20.5. The van der Waals surface area contributed by atoms with Gasteiger partial charge in [-0.05, 0) is 30.6 Å². The van der Waals surface area contributed by atoms with Gasteiger partial charge in [-0.2, -0.15) is 0 Å². The standard InChI is InChI=1S/C22H41N5O6/c1-7-13(6)18(27-19(29)14(23)8-11(2)3)21(31)25-15(9-12(4)5)20(30)26-16(22(32)33)10-17(24)28/h11-16,18H,7-10,23H2,1-6H3,(H2,24,28)(H,25,31)(H,26,30)(H,27,29)(H,32,33). The number of carbonyl (C=O) groups excluding carboxylic acids is 4. The van der Waals surface area contributed by atoms with E-state index in [4.69, 9.17) is 11.5 Å². The summed E-state index contributed by atoms with van der Waals surface area (Å²) in [6, 6.07) is -4.28. The van der Waals surface area contributed by atoms with Gasteiger partial charge in [0.05, 0.1) is 12.5 Å². The third-order valence-corrected chi connectivity index (χ3v) is 5.22. The highest BCUT2D eigenvalue weighted by Crippen LogP contribution is 2.12. The van der Waals surface area contributed by atoms with Gasteiger partial charge in [0.25, 0.3) is 0 Å². The van der Waals surface area contributed by atoms with Crippen LogP contribution in [-0.4, -0.2) is 58.9 Å². The highest BCUT2D eigenvalue weighted by Gasteiger charge is 2.33. The Morgan fingerprint density at radius 3 is 1.73 bits per heavy atom. The van der Waals surface area contributed by atoms with Gasteiger partial charge in [0, 0.05) is 0 Å². The Hall–Kier alpha value is -2.69. The third-order valence-electron chi connectivity index (χ3n) is 5.22. The fourth-order valence-electron chi connectivity index (χ4n) is 3.22. The van der Waals surface area contributed by atoms with Gasteiger partial charge in [-0.15, -0.1) is 0 Å². The molecule has 0 bridgehead atoms. The normalized spacial score (nSPS) is 15.8. The van der Waals surface area contributed by atoms with Gasteiger partial charge in [-0.3, -0.25) is 19.2 Å². The molecule has 0 aliphatic heterocycles. The molecular formula is C22H41N5O6. The maximum absolute atomic E-state index is 13.1. The van der Waals surface area contributed by atoms with Crippen LogP contribution in [0.25, 0.3) is 0 Å². The number of rotatable bonds is 15. The predicted octanol–water partition coefficient (Wildman–Crippen LogP) is -0.134. The Labute approximate surface area is 195 Å². The van der Waals surface area contributed by atoms with Crippen molar-refractivity contribution in [2.45, 2.75) is 91.4 Å². The van der Waals surface area contributed by atoms with Gasteiger partial charge in [-0.1, -0.05) is 48.0 Å². The third kappa shape index (κ3) is 11.7. The number of hydrogen-bond donors (Lipinski definition) is 6. The lowest BCUT2D eigenvalue weighted by Gasteiger charge is -2.28. The van der Waals surface area contributed by atoms with E-state index < -0.39 is 60.2 Å². The molecule has 0 aromatic carbocycles. The summed E-state index contributed by atoms with van der Waals surface area (Å²) in [6.07, 6.45) is 0.672. The molecule has 5 unspecified atom stereocenters. The molecule has 0 radical (unpaired) electrons. The molecule has 190 valence electrons. The van der Waals surface area contributed by atoms with E-state index in [1.165, 1.54) is 0 Å². The van der Waals surface area contributed by atoms with E-state index in [0.29, 0.717) is 12.8 Å². The Morgan fingerprint density at radius 1 is 0.788 bits per heavy atom. The predicted molar refractivity (Wildman–Crippen MR) is 124 cm³/mol. The first-order valence-corrected chi connectivity index (χ1v) is 11.4. The SMILES string of the molecule is CCC(C)C(NC(=O)C(N)CC(C)C)C(=O)NC(CC(C)C)C(=O)NC(CC(N)=O)C(=O)O. The number of nitrogens with two attached hydrogens (primary N) is 2. The van der Waals surface area contributed by atoms with Gasteiger partial charge >= 0.3 is 5.97 Å². The lowest BCUT2D eigenvalue weighted by atomic mass is 9.95. The van der Waals surface area contributed by atoms with Crippen LogP contribution in [0.4, 0.5) is 0 Å². The minimum Gasteiger partial charge on any atom is -0.480 e. The van der Waals surface area contributed by atoms with E-state index in [0.717, 1.165) is 0 Å². The van der Waals surface area contributed by atoms with Crippen molar-refractivity contribution in [3.05, 3.63) is 0 Å². The van der Waals surface area contributed by atoms with Crippen molar-refractivity contribution in [2.75, 3.05) is 0 Å². The number of nitrogens with one attached hydrogen (secondary N) is 3. The van der Waals surface area contributed by atoms with Crippen molar-refractivity contribution in [3.63, 3.8) is 0 Å². The molecule has 0 fully saturated rings. The summed E-state index contributed by atoms with van der Waals surface area (Å²) in [5.74, 6) is -4.15. The largest absolute Gasteiger partial charge is 0.480 e. The highest BCUT2D eigenvalue weighted by molar-refractivity contribution is 5.95. The van der Waals surface area contributed by atoms with Crippen molar-refractivity contribution in [3.8, 4) is 0 Å². The zero-order chi connectivity index (χ0) is 25.9. The van der Waals surface area contributed by atoms with Crippen LogP contribution >= 0.6 is 0 Å². The van der Waals surface area contributed by atoms with Crippen LogP contribution in [0.2, 0.25) is 0 Å². The minimum absolute atomic E-state index is 0.0171. The fourth-order valence-corrected chi connectivity index (χ4v) is 3.22. The highest BCUT2D eigenvalue weighted by atomic mass is 16.4. The second-order valence-corrected chi connectivity index (χ2v) is 9.37. The van der Waals surface area contributed by atoms with E-state index >= 15 is 0 Å². The van der Waals surface area contributed by atoms with Gasteiger partial charge < -0.3 is 32.5 Å². The van der Waals surface area contributed by atoms with E-state index in [2.05, 4.69) is 16.0 Å². The molecule has 0 aromatic heterocycles. The molecule has 0 saturated carbocycles. The second-order valence-electron chi connectivity index (χ2n) is 9.37. The van der Waals surface area contributed by atoms with Crippen molar-refractivity contribution >= 4 is 29.6 Å². The Bertz CT molecular complexity index is 697. The molecular weight excluding hydrogens is 430 g/mol. The summed E-state index contributed by atoms with van der Waals surface area (Å²) >= 11 is 0. The molecule has 0 saturated heterocycles. The Kier molecular flexibility index (Phi) is 13.3. The summed E-state index contributed by atoms with van der Waals surface area (Å²) < 4.78 is 0. The zero-order valence-electron chi connectivity index (χ0n) is 20.5. The summed E-state index contributed by atoms with van der Waals surface area (Å²) in [5, 5.41) is 16.8. The Morgan fingerprint density at radius 2 is 1.30 bits per heavy atom. The van der Waals surface area contributed by atoms with Crippen LogP contribution in [0.15, 0.2) is 0 Å². The maximum atomic E-state index is 13.1. The molecule has 0 aliphatic rings. The van der Waals surface area contributed by atoms with Gasteiger partial charge in [-0.25, -0.2) is 4.79 Å². The van der Waals surface area contributed by atoms with Crippen molar-refractivity contribution in [1.29, 1.82) is 0 Å². The number of aliphatic carboxylic acids is 1. The lowest BCUT2D eigenvalue weighted by Crippen LogP contribution is -2.59. The lowest BCUT2D eigenvalue weighted by molar-refractivity contribution is -0.144. The second kappa shape index (κ2) is 14.5. The molecule has 0 heterocycles. The van der Waals surface area contributed by atoms with Crippen LogP contribution in [0.5, 0.6) is 0 Å². The molecule has 11 nitrogen and oxygen atoms in total. The van der Waals surface area contributed by atoms with Crippen LogP contribution in [-0.2, 0) is 24.0 Å². The molecule has 0 rings (SSSR count). The number of amides is 4. The molecule has 5 atom stereocenters. The van der Waals surface area contributed by atoms with Crippen molar-refractivity contribution in [2.24, 2.45) is 29.2 Å².